The van der Waals surface area contributed by atoms with E-state index in [2.05, 4.69) is 20.9 Å². The zero-order chi connectivity index (χ0) is 13.2. The number of likely N-dealkylation sites (tertiary alicyclic amines) is 1. The third-order valence-corrected chi connectivity index (χ3v) is 3.69. The molecule has 19 heavy (non-hydrogen) atoms. The van der Waals surface area contributed by atoms with Crippen LogP contribution in [0.15, 0.2) is 24.3 Å². The van der Waals surface area contributed by atoms with Gasteiger partial charge < -0.3 is 5.11 Å². The molecule has 0 amide bonds. The van der Waals surface area contributed by atoms with E-state index in [1.807, 2.05) is 25.1 Å². The number of fused-ring (bicyclic) bond motifs is 1. The number of rotatable bonds is 2. The lowest BCUT2D eigenvalue weighted by atomic mass is 10.1. The second kappa shape index (κ2) is 5.23. The van der Waals surface area contributed by atoms with Crippen LogP contribution in [0.2, 0.25) is 0 Å². The monoisotopic (exact) mass is 257 g/mol. The smallest absolute Gasteiger partial charge is 0.143 e. The molecule has 1 unspecified atom stereocenters. The molecule has 2 aromatic rings. The van der Waals surface area contributed by atoms with E-state index in [-0.39, 0.29) is 6.10 Å². The van der Waals surface area contributed by atoms with Crippen LogP contribution in [-0.4, -0.2) is 39.2 Å². The number of hydrogen-bond donors (Lipinski definition) is 1. The standard InChI is InChI=1S/C15H19N3O/c1-11-13-6-2-3-7-14(13)17-15(16-11)10-18-8-4-5-12(19)9-18/h2-3,6-7,12,19H,4-5,8-10H2,1H3. The van der Waals surface area contributed by atoms with Gasteiger partial charge in [0.05, 0.1) is 18.2 Å². The van der Waals surface area contributed by atoms with Gasteiger partial charge in [-0.15, -0.1) is 0 Å². The fourth-order valence-electron chi connectivity index (χ4n) is 2.74. The number of aromatic nitrogens is 2. The third-order valence-electron chi connectivity index (χ3n) is 3.69. The van der Waals surface area contributed by atoms with E-state index >= 15 is 0 Å². The van der Waals surface area contributed by atoms with Crippen molar-refractivity contribution >= 4 is 10.9 Å². The highest BCUT2D eigenvalue weighted by atomic mass is 16.3. The minimum absolute atomic E-state index is 0.199. The molecule has 2 heterocycles. The van der Waals surface area contributed by atoms with E-state index in [9.17, 15) is 5.11 Å². The summed E-state index contributed by atoms with van der Waals surface area (Å²) >= 11 is 0. The quantitative estimate of drug-likeness (QED) is 0.892. The van der Waals surface area contributed by atoms with Crippen molar-refractivity contribution in [3.63, 3.8) is 0 Å². The molecule has 0 spiro atoms. The van der Waals surface area contributed by atoms with E-state index in [0.29, 0.717) is 0 Å². The van der Waals surface area contributed by atoms with Crippen LogP contribution in [0.25, 0.3) is 10.9 Å². The van der Waals surface area contributed by atoms with E-state index in [1.54, 1.807) is 0 Å². The Labute approximate surface area is 113 Å². The first-order valence-electron chi connectivity index (χ1n) is 6.85. The molecule has 1 N–H and O–H groups in total. The topological polar surface area (TPSA) is 49.2 Å². The largest absolute Gasteiger partial charge is 0.392 e. The third kappa shape index (κ3) is 2.74. The summed E-state index contributed by atoms with van der Waals surface area (Å²) in [5.41, 5.74) is 2.03. The second-order valence-corrected chi connectivity index (χ2v) is 5.27. The number of piperidine rings is 1. The van der Waals surface area contributed by atoms with Crippen LogP contribution >= 0.6 is 0 Å². The molecule has 1 aromatic carbocycles. The zero-order valence-electron chi connectivity index (χ0n) is 11.2. The summed E-state index contributed by atoms with van der Waals surface area (Å²) in [6.07, 6.45) is 1.76. The molecule has 4 nitrogen and oxygen atoms in total. The Balaban J connectivity index is 1.85. The highest BCUT2D eigenvalue weighted by Crippen LogP contribution is 2.17. The molecule has 3 rings (SSSR count). The van der Waals surface area contributed by atoms with Crippen molar-refractivity contribution in [2.75, 3.05) is 13.1 Å². The summed E-state index contributed by atoms with van der Waals surface area (Å²) in [6.45, 7) is 4.50. The molecule has 4 heteroatoms. The minimum Gasteiger partial charge on any atom is -0.392 e. The van der Waals surface area contributed by atoms with Crippen molar-refractivity contribution in [1.29, 1.82) is 0 Å². The maximum absolute atomic E-state index is 9.70. The van der Waals surface area contributed by atoms with Gasteiger partial charge in [0.1, 0.15) is 5.82 Å². The molecule has 1 fully saturated rings. The van der Waals surface area contributed by atoms with Crippen LogP contribution in [0, 0.1) is 6.92 Å². The van der Waals surface area contributed by atoms with Gasteiger partial charge in [0.2, 0.25) is 0 Å². The second-order valence-electron chi connectivity index (χ2n) is 5.27. The predicted molar refractivity (Wildman–Crippen MR) is 74.8 cm³/mol. The summed E-state index contributed by atoms with van der Waals surface area (Å²) < 4.78 is 0. The van der Waals surface area contributed by atoms with Gasteiger partial charge in [0, 0.05) is 17.6 Å². The number of para-hydroxylation sites is 1. The maximum Gasteiger partial charge on any atom is 0.143 e. The number of benzene rings is 1. The molecule has 0 bridgehead atoms. The van der Waals surface area contributed by atoms with Crippen molar-refractivity contribution < 1.29 is 5.11 Å². The molecule has 1 aliphatic heterocycles. The van der Waals surface area contributed by atoms with Gasteiger partial charge in [-0.3, -0.25) is 4.90 Å². The van der Waals surface area contributed by atoms with Gasteiger partial charge >= 0.3 is 0 Å². The highest BCUT2D eigenvalue weighted by Gasteiger charge is 2.18. The van der Waals surface area contributed by atoms with E-state index in [4.69, 9.17) is 0 Å². The van der Waals surface area contributed by atoms with Crippen molar-refractivity contribution in [2.24, 2.45) is 0 Å². The summed E-state index contributed by atoms with van der Waals surface area (Å²) in [5, 5.41) is 10.8. The first-order valence-corrected chi connectivity index (χ1v) is 6.85. The molecule has 0 radical (unpaired) electrons. The lowest BCUT2D eigenvalue weighted by Crippen LogP contribution is -2.38. The lowest BCUT2D eigenvalue weighted by Gasteiger charge is -2.29. The van der Waals surface area contributed by atoms with Crippen LogP contribution in [0.4, 0.5) is 0 Å². The average Bonchev–Trinajstić information content (AvgIpc) is 2.39. The van der Waals surface area contributed by atoms with Crippen LogP contribution in [0.3, 0.4) is 0 Å². The van der Waals surface area contributed by atoms with Crippen LogP contribution in [-0.2, 0) is 6.54 Å². The molecular weight excluding hydrogens is 238 g/mol. The van der Waals surface area contributed by atoms with Crippen LogP contribution in [0.5, 0.6) is 0 Å². The lowest BCUT2D eigenvalue weighted by molar-refractivity contribution is 0.0655. The maximum atomic E-state index is 9.70. The summed E-state index contributed by atoms with van der Waals surface area (Å²) in [5.74, 6) is 0.852. The number of β-amino-alcohol motifs (C(OH)–C–C–N with tert-alkyl or cyclic N) is 1. The number of hydrogen-bond acceptors (Lipinski definition) is 4. The van der Waals surface area contributed by atoms with Gasteiger partial charge in [-0.1, -0.05) is 18.2 Å². The molecular formula is C15H19N3O. The SMILES string of the molecule is Cc1nc(CN2CCCC(O)C2)nc2ccccc12. The number of aliphatic hydroxyl groups excluding tert-OH is 1. The Morgan fingerprint density at radius 3 is 3.00 bits per heavy atom. The first-order chi connectivity index (χ1) is 9.22. The molecule has 1 aliphatic rings. The number of aryl methyl sites for hydroxylation is 1. The Morgan fingerprint density at radius 2 is 2.16 bits per heavy atom. The Kier molecular flexibility index (Phi) is 3.44. The van der Waals surface area contributed by atoms with Gasteiger partial charge in [-0.2, -0.15) is 0 Å². The average molecular weight is 257 g/mol. The Hall–Kier alpha value is -1.52. The summed E-state index contributed by atoms with van der Waals surface area (Å²) in [4.78, 5) is 11.4. The molecule has 1 atom stereocenters. The zero-order valence-corrected chi connectivity index (χ0v) is 11.2. The van der Waals surface area contributed by atoms with Crippen molar-refractivity contribution in [3.05, 3.63) is 35.8 Å². The number of aliphatic hydroxyl groups is 1. The Morgan fingerprint density at radius 1 is 1.32 bits per heavy atom. The fourth-order valence-corrected chi connectivity index (χ4v) is 2.74. The molecule has 100 valence electrons. The molecule has 0 saturated carbocycles. The minimum atomic E-state index is -0.199. The summed E-state index contributed by atoms with van der Waals surface area (Å²) in [6, 6.07) is 8.10. The molecule has 1 saturated heterocycles. The van der Waals surface area contributed by atoms with E-state index < -0.39 is 0 Å². The molecule has 1 aromatic heterocycles. The normalized spacial score (nSPS) is 20.8. The van der Waals surface area contributed by atoms with Crippen molar-refractivity contribution in [2.45, 2.75) is 32.4 Å². The highest BCUT2D eigenvalue weighted by molar-refractivity contribution is 5.80. The van der Waals surface area contributed by atoms with Gasteiger partial charge in [-0.05, 0) is 32.4 Å². The summed E-state index contributed by atoms with van der Waals surface area (Å²) in [7, 11) is 0. The van der Waals surface area contributed by atoms with E-state index in [1.165, 1.54) is 0 Å². The van der Waals surface area contributed by atoms with Crippen molar-refractivity contribution in [3.8, 4) is 0 Å². The van der Waals surface area contributed by atoms with Gasteiger partial charge in [-0.25, -0.2) is 9.97 Å². The Bertz CT molecular complexity index is 585. The van der Waals surface area contributed by atoms with Crippen molar-refractivity contribution in [1.82, 2.24) is 14.9 Å². The van der Waals surface area contributed by atoms with E-state index in [0.717, 1.165) is 54.9 Å². The van der Waals surface area contributed by atoms with Gasteiger partial charge in [0.15, 0.2) is 0 Å². The van der Waals surface area contributed by atoms with Gasteiger partial charge in [0.25, 0.3) is 0 Å². The predicted octanol–water partition coefficient (Wildman–Crippen LogP) is 1.89. The molecule has 0 aliphatic carbocycles. The fraction of sp³-hybridized carbons (Fsp3) is 0.467. The van der Waals surface area contributed by atoms with Crippen LogP contribution in [0.1, 0.15) is 24.4 Å². The van der Waals surface area contributed by atoms with Crippen LogP contribution < -0.4 is 0 Å². The number of nitrogens with zero attached hydrogens (tertiary/aromatic N) is 3. The first kappa shape index (κ1) is 12.5.